The highest BCUT2D eigenvalue weighted by Crippen LogP contribution is 2.29. The average molecular weight is 261 g/mol. The minimum Gasteiger partial charge on any atom is -0.508 e. The van der Waals surface area contributed by atoms with Gasteiger partial charge in [-0.1, -0.05) is 12.1 Å². The van der Waals surface area contributed by atoms with Gasteiger partial charge in [0.2, 0.25) is 0 Å². The summed E-state index contributed by atoms with van der Waals surface area (Å²) in [4.78, 5) is 15.2. The molecule has 0 aliphatic heterocycles. The Labute approximate surface area is 112 Å². The Hall–Kier alpha value is -1.84. The van der Waals surface area contributed by atoms with E-state index in [4.69, 9.17) is 5.11 Å². The van der Waals surface area contributed by atoms with Crippen LogP contribution < -0.4 is 0 Å². The Morgan fingerprint density at radius 1 is 1.32 bits per heavy atom. The van der Waals surface area contributed by atoms with Crippen molar-refractivity contribution in [3.05, 3.63) is 29.8 Å². The second-order valence-electron chi connectivity index (χ2n) is 5.15. The zero-order valence-electron chi connectivity index (χ0n) is 10.8. The van der Waals surface area contributed by atoms with Gasteiger partial charge in [-0.05, 0) is 49.3 Å². The molecule has 4 nitrogen and oxygen atoms in total. The number of rotatable bonds is 4. The number of aliphatic imine (C=N–C) groups is 1. The lowest BCUT2D eigenvalue weighted by atomic mass is 9.82. The zero-order chi connectivity index (χ0) is 13.7. The van der Waals surface area contributed by atoms with Crippen molar-refractivity contribution in [2.45, 2.75) is 25.7 Å². The first-order valence-corrected chi connectivity index (χ1v) is 6.67. The summed E-state index contributed by atoms with van der Waals surface area (Å²) in [7, 11) is 0. The van der Waals surface area contributed by atoms with Crippen LogP contribution in [-0.4, -0.2) is 28.9 Å². The number of carbonyl (C=O) groups is 1. The average Bonchev–Trinajstić information content (AvgIpc) is 2.39. The Morgan fingerprint density at radius 2 is 2.05 bits per heavy atom. The summed E-state index contributed by atoms with van der Waals surface area (Å²) < 4.78 is 0. The number of aromatic hydroxyl groups is 1. The molecule has 1 aromatic carbocycles. The van der Waals surface area contributed by atoms with Crippen LogP contribution in [0.2, 0.25) is 0 Å². The molecule has 0 bridgehead atoms. The Kier molecular flexibility index (Phi) is 4.55. The van der Waals surface area contributed by atoms with Crippen molar-refractivity contribution in [3.63, 3.8) is 0 Å². The Morgan fingerprint density at radius 3 is 2.68 bits per heavy atom. The van der Waals surface area contributed by atoms with Crippen LogP contribution in [0, 0.1) is 11.8 Å². The van der Waals surface area contributed by atoms with Gasteiger partial charge in [0, 0.05) is 12.8 Å². The van der Waals surface area contributed by atoms with Crippen LogP contribution in [0.5, 0.6) is 5.75 Å². The molecule has 19 heavy (non-hydrogen) atoms. The van der Waals surface area contributed by atoms with Gasteiger partial charge in [-0.2, -0.15) is 0 Å². The first-order valence-electron chi connectivity index (χ1n) is 6.67. The van der Waals surface area contributed by atoms with E-state index in [1.807, 2.05) is 6.07 Å². The molecule has 1 aliphatic carbocycles. The first-order chi connectivity index (χ1) is 9.15. The largest absolute Gasteiger partial charge is 0.508 e. The number of carboxylic acid groups (broad SMARTS) is 1. The van der Waals surface area contributed by atoms with Gasteiger partial charge in [0.25, 0.3) is 0 Å². The lowest BCUT2D eigenvalue weighted by Crippen LogP contribution is -2.22. The highest BCUT2D eigenvalue weighted by Gasteiger charge is 2.25. The summed E-state index contributed by atoms with van der Waals surface area (Å²) in [6, 6.07) is 6.98. The third-order valence-electron chi connectivity index (χ3n) is 3.67. The molecule has 0 aromatic heterocycles. The third-order valence-corrected chi connectivity index (χ3v) is 3.67. The lowest BCUT2D eigenvalue weighted by Gasteiger charge is -2.24. The van der Waals surface area contributed by atoms with E-state index >= 15 is 0 Å². The molecule has 102 valence electrons. The van der Waals surface area contributed by atoms with Crippen molar-refractivity contribution in [1.29, 1.82) is 0 Å². The number of hydrogen-bond acceptors (Lipinski definition) is 3. The van der Waals surface area contributed by atoms with Gasteiger partial charge in [0.15, 0.2) is 0 Å². The lowest BCUT2D eigenvalue weighted by molar-refractivity contribution is -0.143. The smallest absolute Gasteiger partial charge is 0.306 e. The van der Waals surface area contributed by atoms with Gasteiger partial charge >= 0.3 is 5.97 Å². The van der Waals surface area contributed by atoms with E-state index < -0.39 is 5.97 Å². The quantitative estimate of drug-likeness (QED) is 0.819. The second kappa shape index (κ2) is 6.36. The molecule has 0 heterocycles. The molecule has 0 spiro atoms. The molecule has 1 fully saturated rings. The van der Waals surface area contributed by atoms with Crippen LogP contribution >= 0.6 is 0 Å². The molecule has 2 rings (SSSR count). The van der Waals surface area contributed by atoms with Crippen molar-refractivity contribution in [2.24, 2.45) is 16.8 Å². The van der Waals surface area contributed by atoms with Crippen molar-refractivity contribution in [2.75, 3.05) is 6.54 Å². The molecular weight excluding hydrogens is 242 g/mol. The van der Waals surface area contributed by atoms with Crippen LogP contribution in [0.15, 0.2) is 29.3 Å². The number of aliphatic carboxylic acids is 1. The molecule has 1 aromatic rings. The van der Waals surface area contributed by atoms with Gasteiger partial charge in [0.1, 0.15) is 5.75 Å². The van der Waals surface area contributed by atoms with E-state index in [0.29, 0.717) is 5.92 Å². The Balaban J connectivity index is 1.79. The van der Waals surface area contributed by atoms with Crippen LogP contribution in [0.4, 0.5) is 0 Å². The van der Waals surface area contributed by atoms with E-state index in [-0.39, 0.29) is 11.7 Å². The summed E-state index contributed by atoms with van der Waals surface area (Å²) in [6.45, 7) is 0.738. The van der Waals surface area contributed by atoms with E-state index in [1.54, 1.807) is 24.4 Å². The number of nitrogens with zero attached hydrogens (tertiary/aromatic N) is 1. The SMILES string of the molecule is O=C(O)C1CCC(CN=Cc2cccc(O)c2)CC1. The highest BCUT2D eigenvalue weighted by atomic mass is 16.4. The molecule has 1 saturated carbocycles. The van der Waals surface area contributed by atoms with Crippen molar-refractivity contribution >= 4 is 12.2 Å². The molecule has 2 N–H and O–H groups in total. The van der Waals surface area contributed by atoms with E-state index in [1.165, 1.54) is 0 Å². The fourth-order valence-electron chi connectivity index (χ4n) is 2.50. The van der Waals surface area contributed by atoms with Gasteiger partial charge in [-0.3, -0.25) is 9.79 Å². The molecule has 4 heteroatoms. The van der Waals surface area contributed by atoms with E-state index in [2.05, 4.69) is 4.99 Å². The van der Waals surface area contributed by atoms with Crippen LogP contribution in [-0.2, 0) is 4.79 Å². The molecule has 0 atom stereocenters. The topological polar surface area (TPSA) is 69.9 Å². The molecule has 0 unspecified atom stereocenters. The summed E-state index contributed by atoms with van der Waals surface area (Å²) in [5.41, 5.74) is 0.888. The minimum absolute atomic E-state index is 0.161. The molecule has 1 aliphatic rings. The fraction of sp³-hybridized carbons (Fsp3) is 0.467. The van der Waals surface area contributed by atoms with Crippen LogP contribution in [0.25, 0.3) is 0 Å². The van der Waals surface area contributed by atoms with Gasteiger partial charge in [-0.15, -0.1) is 0 Å². The standard InChI is InChI=1S/C15H19NO3/c17-14-3-1-2-12(8-14)10-16-9-11-4-6-13(7-5-11)15(18)19/h1-3,8,10-11,13,17H,4-7,9H2,(H,18,19). The maximum absolute atomic E-state index is 10.8. The molecule has 0 amide bonds. The number of benzene rings is 1. The third kappa shape index (κ3) is 4.09. The van der Waals surface area contributed by atoms with E-state index in [9.17, 15) is 9.90 Å². The monoisotopic (exact) mass is 261 g/mol. The van der Waals surface area contributed by atoms with Crippen molar-refractivity contribution < 1.29 is 15.0 Å². The summed E-state index contributed by atoms with van der Waals surface area (Å²) in [6.07, 6.45) is 5.18. The normalized spacial score (nSPS) is 23.6. The predicted molar refractivity (Wildman–Crippen MR) is 73.7 cm³/mol. The minimum atomic E-state index is -0.665. The highest BCUT2D eigenvalue weighted by molar-refractivity contribution is 5.80. The number of carboxylic acids is 1. The fourth-order valence-corrected chi connectivity index (χ4v) is 2.50. The van der Waals surface area contributed by atoms with Crippen LogP contribution in [0.3, 0.4) is 0 Å². The first kappa shape index (κ1) is 13.6. The summed E-state index contributed by atoms with van der Waals surface area (Å²) in [5.74, 6) is -0.0944. The maximum atomic E-state index is 10.8. The van der Waals surface area contributed by atoms with Gasteiger partial charge < -0.3 is 10.2 Å². The van der Waals surface area contributed by atoms with Crippen molar-refractivity contribution in [3.8, 4) is 5.75 Å². The van der Waals surface area contributed by atoms with E-state index in [0.717, 1.165) is 37.8 Å². The summed E-state index contributed by atoms with van der Waals surface area (Å²) in [5, 5.41) is 18.2. The second-order valence-corrected chi connectivity index (χ2v) is 5.15. The maximum Gasteiger partial charge on any atom is 0.306 e. The number of phenolic OH excluding ortho intramolecular Hbond substituents is 1. The van der Waals surface area contributed by atoms with Gasteiger partial charge in [0.05, 0.1) is 5.92 Å². The van der Waals surface area contributed by atoms with Crippen molar-refractivity contribution in [1.82, 2.24) is 0 Å². The molecule has 0 saturated heterocycles. The van der Waals surface area contributed by atoms with Crippen LogP contribution in [0.1, 0.15) is 31.2 Å². The Bertz CT molecular complexity index is 462. The molecule has 0 radical (unpaired) electrons. The number of hydrogen-bond donors (Lipinski definition) is 2. The molecular formula is C15H19NO3. The predicted octanol–water partition coefficient (Wildman–Crippen LogP) is 2.70. The summed E-state index contributed by atoms with van der Waals surface area (Å²) >= 11 is 0. The van der Waals surface area contributed by atoms with Gasteiger partial charge in [-0.25, -0.2) is 0 Å². The zero-order valence-corrected chi connectivity index (χ0v) is 10.8. The number of phenols is 1.